The molecule has 0 bridgehead atoms. The Kier molecular flexibility index (Phi) is 3.16. The highest BCUT2D eigenvalue weighted by molar-refractivity contribution is 14.1. The first-order chi connectivity index (χ1) is 4.72. The fourth-order valence-electron chi connectivity index (χ4n) is 0.656. The van der Waals surface area contributed by atoms with Crippen molar-refractivity contribution in [3.63, 3.8) is 0 Å². The third-order valence-electron chi connectivity index (χ3n) is 1.07. The van der Waals surface area contributed by atoms with Crippen molar-refractivity contribution in [1.29, 1.82) is 0 Å². The van der Waals surface area contributed by atoms with Gasteiger partial charge in [-0.15, -0.1) is 0 Å². The lowest BCUT2D eigenvalue weighted by molar-refractivity contribution is 1.51. The maximum absolute atomic E-state index is 3.58. The molecule has 1 radical (unpaired) electrons. The molecule has 0 amide bonds. The van der Waals surface area contributed by atoms with Gasteiger partial charge in [-0.2, -0.15) is 0 Å². The molecular weight excluding hydrogens is 350 g/mol. The highest BCUT2D eigenvalue weighted by Crippen LogP contribution is 2.13. The summed E-state index contributed by atoms with van der Waals surface area (Å²) in [5.41, 5.74) is 1.07. The molecule has 0 aromatic heterocycles. The van der Waals surface area contributed by atoms with Gasteiger partial charge >= 0.3 is 0 Å². The zero-order chi connectivity index (χ0) is 7.56. The molecule has 0 atom stereocenters. The molecule has 0 spiro atoms. The number of hydrogen-bond acceptors (Lipinski definition) is 0. The molecule has 0 unspecified atom stereocenters. The van der Waals surface area contributed by atoms with E-state index in [2.05, 4.69) is 76.0 Å². The van der Waals surface area contributed by atoms with E-state index in [1.54, 1.807) is 0 Å². The molecule has 1 rings (SSSR count). The van der Waals surface area contributed by atoms with Crippen molar-refractivity contribution in [2.45, 2.75) is 0 Å². The van der Waals surface area contributed by atoms with Crippen molar-refractivity contribution in [3.8, 4) is 0 Å². The van der Waals surface area contributed by atoms with Crippen LogP contribution >= 0.6 is 45.2 Å². The average Bonchev–Trinajstić information content (AvgIpc) is 1.85. The molecule has 51 valence electrons. The number of rotatable bonds is 1. The van der Waals surface area contributed by atoms with E-state index in [9.17, 15) is 0 Å². The molecule has 0 fully saturated rings. The first-order valence-corrected chi connectivity index (χ1v) is 4.87. The van der Waals surface area contributed by atoms with Gasteiger partial charge in [0.1, 0.15) is 0 Å². The maximum atomic E-state index is 3.58. The lowest BCUT2D eigenvalue weighted by Gasteiger charge is -1.95. The summed E-state index contributed by atoms with van der Waals surface area (Å²) in [6.45, 7) is 3.58. The van der Waals surface area contributed by atoms with Gasteiger partial charge in [0.2, 0.25) is 0 Å². The Balaban J connectivity index is 3.18. The second-order valence-electron chi connectivity index (χ2n) is 1.83. The fourth-order valence-corrected chi connectivity index (χ4v) is 2.59. The smallest absolute Gasteiger partial charge is 0.0147 e. The Morgan fingerprint density at radius 2 is 1.60 bits per heavy atom. The molecule has 1 aromatic carbocycles. The van der Waals surface area contributed by atoms with Gasteiger partial charge in [-0.25, -0.2) is 0 Å². The van der Waals surface area contributed by atoms with E-state index in [1.807, 2.05) is 0 Å². The molecule has 0 nitrogen and oxygen atoms in total. The Hall–Kier alpha value is 0.420. The predicted molar refractivity (Wildman–Crippen MR) is 59.8 cm³/mol. The molecule has 0 saturated carbocycles. The van der Waals surface area contributed by atoms with Crippen LogP contribution in [0.5, 0.6) is 0 Å². The van der Waals surface area contributed by atoms with E-state index in [1.165, 1.54) is 7.14 Å². The van der Waals surface area contributed by atoms with Crippen LogP contribution in [0.25, 0.3) is 0 Å². The minimum Gasteiger partial charge on any atom is -0.0906 e. The quantitative estimate of drug-likeness (QED) is 0.679. The summed E-state index contributed by atoms with van der Waals surface area (Å²) in [6, 6.07) is 6.22. The van der Waals surface area contributed by atoms with E-state index >= 15 is 0 Å². The molecule has 0 aliphatic rings. The van der Waals surface area contributed by atoms with Crippen molar-refractivity contribution in [1.82, 2.24) is 0 Å². The predicted octanol–water partition coefficient (Wildman–Crippen LogP) is 3.23. The minimum atomic E-state index is 1.07. The van der Waals surface area contributed by atoms with Crippen molar-refractivity contribution in [2.75, 3.05) is 0 Å². The van der Waals surface area contributed by atoms with Crippen LogP contribution in [0.1, 0.15) is 5.56 Å². The van der Waals surface area contributed by atoms with E-state index < -0.39 is 0 Å². The van der Waals surface area contributed by atoms with Crippen molar-refractivity contribution < 1.29 is 0 Å². The van der Waals surface area contributed by atoms with E-state index in [4.69, 9.17) is 0 Å². The van der Waals surface area contributed by atoms with E-state index in [-0.39, 0.29) is 0 Å². The highest BCUT2D eigenvalue weighted by atomic mass is 127. The van der Waals surface area contributed by atoms with Crippen molar-refractivity contribution in [3.05, 3.63) is 43.6 Å². The summed E-state index contributed by atoms with van der Waals surface area (Å²) in [6.07, 6.45) is 2.85. The Morgan fingerprint density at radius 1 is 1.10 bits per heavy atom. The summed E-state index contributed by atoms with van der Waals surface area (Å²) in [5, 5.41) is 0. The standard InChI is InChI=1S/C8H5I2/c1-2-6-3-7(9)5-8(10)4-6/h3-5H,1H2. The van der Waals surface area contributed by atoms with Crippen LogP contribution in [-0.2, 0) is 0 Å². The lowest BCUT2D eigenvalue weighted by Crippen LogP contribution is -1.78. The van der Waals surface area contributed by atoms with Crippen molar-refractivity contribution in [2.24, 2.45) is 0 Å². The van der Waals surface area contributed by atoms with E-state index in [0.717, 1.165) is 5.56 Å². The summed E-state index contributed by atoms with van der Waals surface area (Å²) >= 11 is 4.56. The van der Waals surface area contributed by atoms with Crippen LogP contribution < -0.4 is 0 Å². The molecule has 0 heterocycles. The number of hydrogen-bond donors (Lipinski definition) is 0. The second kappa shape index (κ2) is 3.71. The largest absolute Gasteiger partial charge is 0.0906 e. The van der Waals surface area contributed by atoms with Crippen LogP contribution in [0.2, 0.25) is 0 Å². The van der Waals surface area contributed by atoms with Gasteiger partial charge in [-0.1, -0.05) is 6.58 Å². The van der Waals surface area contributed by atoms with Gasteiger partial charge in [0.05, 0.1) is 0 Å². The summed E-state index contributed by atoms with van der Waals surface area (Å²) in [7, 11) is 0. The molecule has 1 aromatic rings. The normalized spacial score (nSPS) is 9.40. The Labute approximate surface area is 88.0 Å². The molecule has 0 saturated heterocycles. The second-order valence-corrected chi connectivity index (χ2v) is 4.33. The van der Waals surface area contributed by atoms with Crippen molar-refractivity contribution >= 4 is 45.2 Å². The molecular formula is C8H5I2. The van der Waals surface area contributed by atoms with Crippen LogP contribution in [0, 0.1) is 13.2 Å². The summed E-state index contributed by atoms with van der Waals surface area (Å²) in [4.78, 5) is 0. The van der Waals surface area contributed by atoms with Crippen LogP contribution in [0.4, 0.5) is 0 Å². The lowest BCUT2D eigenvalue weighted by atomic mass is 10.2. The van der Waals surface area contributed by atoms with Gasteiger partial charge in [0, 0.05) is 7.14 Å². The Bertz CT molecular complexity index is 233. The maximum Gasteiger partial charge on any atom is 0.0147 e. The Morgan fingerprint density at radius 3 is 2.00 bits per heavy atom. The molecule has 2 heteroatoms. The fraction of sp³-hybridized carbons (Fsp3) is 0. The third kappa shape index (κ3) is 2.23. The number of halogens is 2. The van der Waals surface area contributed by atoms with Crippen LogP contribution in [0.15, 0.2) is 24.8 Å². The average molecular weight is 355 g/mol. The molecule has 0 aliphatic heterocycles. The van der Waals surface area contributed by atoms with Gasteiger partial charge in [0.25, 0.3) is 0 Å². The van der Waals surface area contributed by atoms with E-state index in [0.29, 0.717) is 0 Å². The van der Waals surface area contributed by atoms with Crippen LogP contribution in [-0.4, -0.2) is 0 Å². The topological polar surface area (TPSA) is 0 Å². The molecule has 0 N–H and O–H groups in total. The first-order valence-electron chi connectivity index (χ1n) is 2.71. The zero-order valence-electron chi connectivity index (χ0n) is 5.20. The van der Waals surface area contributed by atoms with Crippen LogP contribution in [0.3, 0.4) is 0 Å². The minimum absolute atomic E-state index is 1.07. The number of benzene rings is 1. The summed E-state index contributed by atoms with van der Waals surface area (Å²) < 4.78 is 2.46. The van der Waals surface area contributed by atoms with Gasteiger partial charge in [-0.05, 0) is 75.0 Å². The SMILES string of the molecule is C=[C]c1cc(I)cc(I)c1. The third-order valence-corrected chi connectivity index (χ3v) is 2.31. The monoisotopic (exact) mass is 355 g/mol. The van der Waals surface area contributed by atoms with Gasteiger partial charge < -0.3 is 0 Å². The molecule has 0 aliphatic carbocycles. The van der Waals surface area contributed by atoms with Gasteiger partial charge in [0.15, 0.2) is 0 Å². The summed E-state index contributed by atoms with van der Waals surface area (Å²) in [5.74, 6) is 0. The zero-order valence-corrected chi connectivity index (χ0v) is 9.51. The molecule has 10 heavy (non-hydrogen) atoms. The highest BCUT2D eigenvalue weighted by Gasteiger charge is 1.92. The van der Waals surface area contributed by atoms with Gasteiger partial charge in [-0.3, -0.25) is 0 Å². The first kappa shape index (κ1) is 8.52.